The molecule has 1 atom stereocenters. The molecule has 2 N–H and O–H groups in total. The van der Waals surface area contributed by atoms with Crippen LogP contribution in [0.2, 0.25) is 5.02 Å². The molecule has 0 unspecified atom stereocenters. The van der Waals surface area contributed by atoms with Gasteiger partial charge in [0.25, 0.3) is 0 Å². The lowest BCUT2D eigenvalue weighted by Crippen LogP contribution is -2.47. The minimum absolute atomic E-state index is 0.0280. The number of nitrogens with one attached hydrogen (secondary N) is 2. The molecular weight excluding hydrogens is 467 g/mol. The Hall–Kier alpha value is -2.84. The molecule has 1 amide bonds. The summed E-state index contributed by atoms with van der Waals surface area (Å²) in [4.78, 5) is 27.8. The van der Waals surface area contributed by atoms with Crippen LogP contribution in [0, 0.1) is 11.7 Å². The Kier molecular flexibility index (Phi) is 7.39. The normalized spacial score (nSPS) is 19.3. The molecular formula is C26H32ClFN6O. The summed E-state index contributed by atoms with van der Waals surface area (Å²) in [7, 11) is 0. The number of anilines is 2. The highest BCUT2D eigenvalue weighted by Crippen LogP contribution is 2.25. The number of aromatic nitrogens is 2. The molecule has 186 valence electrons. The van der Waals surface area contributed by atoms with E-state index in [-0.39, 0.29) is 17.6 Å². The van der Waals surface area contributed by atoms with Gasteiger partial charge in [0, 0.05) is 56.5 Å². The van der Waals surface area contributed by atoms with Gasteiger partial charge in [-0.3, -0.25) is 9.69 Å². The second-order valence-corrected chi connectivity index (χ2v) is 9.89. The fourth-order valence-electron chi connectivity index (χ4n) is 5.04. The number of aromatic amines is 1. The van der Waals surface area contributed by atoms with Crippen LogP contribution in [-0.2, 0) is 4.79 Å². The molecule has 9 heteroatoms. The maximum atomic E-state index is 13.1. The van der Waals surface area contributed by atoms with Gasteiger partial charge >= 0.3 is 0 Å². The predicted octanol–water partition coefficient (Wildman–Crippen LogP) is 3.90. The fraction of sp³-hybridized carbons (Fsp3) is 0.462. The van der Waals surface area contributed by atoms with E-state index in [9.17, 15) is 9.18 Å². The van der Waals surface area contributed by atoms with Crippen LogP contribution in [-0.4, -0.2) is 73.1 Å². The van der Waals surface area contributed by atoms with Crippen LogP contribution in [0.4, 0.5) is 16.0 Å². The first-order valence-corrected chi connectivity index (χ1v) is 12.8. The third kappa shape index (κ3) is 5.87. The Morgan fingerprint density at radius 3 is 2.69 bits per heavy atom. The average molecular weight is 499 g/mol. The van der Waals surface area contributed by atoms with Crippen LogP contribution in [0.15, 0.2) is 42.5 Å². The SMILES string of the molecule is O=C(NCCCN1CCN(c2ccc(F)cc2)CC1)[C@@H]1CCCN(c2nc3ccc(Cl)cc3[nH]2)C1. The van der Waals surface area contributed by atoms with Crippen molar-refractivity contribution in [3.63, 3.8) is 0 Å². The highest BCUT2D eigenvalue weighted by Gasteiger charge is 2.27. The maximum absolute atomic E-state index is 13.1. The molecule has 2 aliphatic heterocycles. The van der Waals surface area contributed by atoms with Crippen LogP contribution >= 0.6 is 11.6 Å². The first-order chi connectivity index (χ1) is 17.0. The molecule has 2 saturated heterocycles. The molecule has 35 heavy (non-hydrogen) atoms. The second-order valence-electron chi connectivity index (χ2n) is 9.46. The lowest BCUT2D eigenvalue weighted by Gasteiger charge is -2.36. The number of halogens is 2. The predicted molar refractivity (Wildman–Crippen MR) is 139 cm³/mol. The van der Waals surface area contributed by atoms with E-state index in [1.807, 2.05) is 30.3 Å². The number of imidazole rings is 1. The van der Waals surface area contributed by atoms with E-state index in [0.717, 1.165) is 81.2 Å². The van der Waals surface area contributed by atoms with Crippen LogP contribution in [0.1, 0.15) is 19.3 Å². The van der Waals surface area contributed by atoms with E-state index >= 15 is 0 Å². The Labute approximate surface area is 210 Å². The van der Waals surface area contributed by atoms with Crippen LogP contribution in [0.3, 0.4) is 0 Å². The van der Waals surface area contributed by atoms with E-state index in [4.69, 9.17) is 11.6 Å². The quantitative estimate of drug-likeness (QED) is 0.484. The van der Waals surface area contributed by atoms with Crippen molar-refractivity contribution in [2.75, 3.05) is 62.2 Å². The molecule has 0 spiro atoms. The van der Waals surface area contributed by atoms with Crippen LogP contribution in [0.25, 0.3) is 11.0 Å². The highest BCUT2D eigenvalue weighted by molar-refractivity contribution is 6.31. The molecule has 5 rings (SSSR count). The van der Waals surface area contributed by atoms with E-state index < -0.39 is 0 Å². The number of piperidine rings is 1. The number of hydrogen-bond acceptors (Lipinski definition) is 5. The summed E-state index contributed by atoms with van der Waals surface area (Å²) >= 11 is 6.09. The zero-order valence-corrected chi connectivity index (χ0v) is 20.6. The summed E-state index contributed by atoms with van der Waals surface area (Å²) in [6.45, 7) is 7.05. The topological polar surface area (TPSA) is 67.5 Å². The van der Waals surface area contributed by atoms with Crippen molar-refractivity contribution in [3.05, 3.63) is 53.3 Å². The largest absolute Gasteiger partial charge is 0.369 e. The molecule has 1 aromatic heterocycles. The van der Waals surface area contributed by atoms with Crippen LogP contribution in [0.5, 0.6) is 0 Å². The zero-order valence-electron chi connectivity index (χ0n) is 19.9. The van der Waals surface area contributed by atoms with E-state index in [1.165, 1.54) is 12.1 Å². The lowest BCUT2D eigenvalue weighted by atomic mass is 9.97. The van der Waals surface area contributed by atoms with E-state index in [0.29, 0.717) is 18.1 Å². The number of carbonyl (C=O) groups is 1. The number of hydrogen-bond donors (Lipinski definition) is 2. The number of H-pyrrole nitrogens is 1. The third-order valence-corrected chi connectivity index (χ3v) is 7.27. The van der Waals surface area contributed by atoms with Gasteiger partial charge in [-0.1, -0.05) is 11.6 Å². The molecule has 2 fully saturated rings. The number of amides is 1. The third-order valence-electron chi connectivity index (χ3n) is 7.04. The molecule has 0 saturated carbocycles. The summed E-state index contributed by atoms with van der Waals surface area (Å²) in [6, 6.07) is 12.4. The number of fused-ring (bicyclic) bond motifs is 1. The van der Waals surface area contributed by atoms with Crippen molar-refractivity contribution in [1.29, 1.82) is 0 Å². The Morgan fingerprint density at radius 2 is 1.89 bits per heavy atom. The monoisotopic (exact) mass is 498 g/mol. The maximum Gasteiger partial charge on any atom is 0.224 e. The smallest absolute Gasteiger partial charge is 0.224 e. The lowest BCUT2D eigenvalue weighted by molar-refractivity contribution is -0.125. The van der Waals surface area contributed by atoms with Gasteiger partial charge in [0.05, 0.1) is 17.0 Å². The van der Waals surface area contributed by atoms with Gasteiger partial charge < -0.3 is 20.1 Å². The molecule has 7 nitrogen and oxygen atoms in total. The van der Waals surface area contributed by atoms with Gasteiger partial charge in [-0.2, -0.15) is 0 Å². The summed E-state index contributed by atoms with van der Waals surface area (Å²) in [5.41, 5.74) is 2.87. The van der Waals surface area contributed by atoms with E-state index in [2.05, 4.69) is 30.0 Å². The van der Waals surface area contributed by atoms with Crippen molar-refractivity contribution < 1.29 is 9.18 Å². The minimum atomic E-state index is -0.199. The van der Waals surface area contributed by atoms with Gasteiger partial charge in [0.1, 0.15) is 5.82 Å². The Morgan fingerprint density at radius 1 is 1.09 bits per heavy atom. The second kappa shape index (κ2) is 10.8. The molecule has 2 aliphatic rings. The van der Waals surface area contributed by atoms with Crippen molar-refractivity contribution >= 4 is 40.2 Å². The summed E-state index contributed by atoms with van der Waals surface area (Å²) < 4.78 is 13.1. The number of piperazine rings is 1. The van der Waals surface area contributed by atoms with Gasteiger partial charge in [-0.15, -0.1) is 0 Å². The van der Waals surface area contributed by atoms with E-state index in [1.54, 1.807) is 0 Å². The first-order valence-electron chi connectivity index (χ1n) is 12.5. The summed E-state index contributed by atoms with van der Waals surface area (Å²) in [5.74, 6) is 0.713. The number of rotatable bonds is 7. The van der Waals surface area contributed by atoms with Crippen molar-refractivity contribution in [2.24, 2.45) is 5.92 Å². The molecule has 2 aromatic carbocycles. The number of nitrogens with zero attached hydrogens (tertiary/aromatic N) is 4. The first kappa shape index (κ1) is 23.9. The molecule has 3 heterocycles. The molecule has 3 aromatic rings. The number of benzene rings is 2. The van der Waals surface area contributed by atoms with Crippen molar-refractivity contribution in [2.45, 2.75) is 19.3 Å². The Balaban J connectivity index is 1.03. The minimum Gasteiger partial charge on any atom is -0.369 e. The summed E-state index contributed by atoms with van der Waals surface area (Å²) in [5, 5.41) is 3.83. The molecule has 0 radical (unpaired) electrons. The Bertz CT molecular complexity index is 1140. The fourth-order valence-corrected chi connectivity index (χ4v) is 5.21. The van der Waals surface area contributed by atoms with Crippen molar-refractivity contribution in [1.82, 2.24) is 20.2 Å². The molecule has 0 aliphatic carbocycles. The number of carbonyl (C=O) groups excluding carboxylic acids is 1. The zero-order chi connectivity index (χ0) is 24.2. The summed E-state index contributed by atoms with van der Waals surface area (Å²) in [6.07, 6.45) is 2.80. The van der Waals surface area contributed by atoms with Crippen molar-refractivity contribution in [3.8, 4) is 0 Å². The van der Waals surface area contributed by atoms with Gasteiger partial charge in [-0.05, 0) is 68.3 Å². The van der Waals surface area contributed by atoms with Gasteiger partial charge in [0.2, 0.25) is 11.9 Å². The standard InChI is InChI=1S/C26H32ClFN6O/c27-20-4-9-23-24(17-20)31-26(30-23)34-12-1-3-19(18-34)25(35)29-10-2-11-32-13-15-33(16-14-32)22-7-5-21(28)6-8-22/h4-9,17,19H,1-3,10-16,18H2,(H,29,35)(H,30,31)/t19-/m1/s1. The highest BCUT2D eigenvalue weighted by atomic mass is 35.5. The van der Waals surface area contributed by atoms with Gasteiger partial charge in [-0.25, -0.2) is 9.37 Å². The van der Waals surface area contributed by atoms with Crippen LogP contribution < -0.4 is 15.1 Å². The molecule has 0 bridgehead atoms. The average Bonchev–Trinajstić information content (AvgIpc) is 3.31. The van der Waals surface area contributed by atoms with Gasteiger partial charge in [0.15, 0.2) is 0 Å².